The molecule has 126 valence electrons. The number of carbonyl (C=O) groups is 1. The third kappa shape index (κ3) is 3.44. The fraction of sp³-hybridized carbons (Fsp3) is 0.643. The monoisotopic (exact) mass is 341 g/mol. The van der Waals surface area contributed by atoms with Gasteiger partial charge in [-0.3, -0.25) is 0 Å². The molecule has 0 amide bonds. The Morgan fingerprint density at radius 3 is 2.39 bits per heavy atom. The molecule has 2 heterocycles. The van der Waals surface area contributed by atoms with Gasteiger partial charge in [0.1, 0.15) is 23.3 Å². The fourth-order valence-electron chi connectivity index (χ4n) is 2.10. The van der Waals surface area contributed by atoms with Crippen LogP contribution < -0.4 is 10.8 Å². The van der Waals surface area contributed by atoms with Crippen molar-refractivity contribution in [1.82, 2.24) is 9.97 Å². The molecule has 0 bridgehead atoms. The number of aromatic nitrogens is 2. The minimum Gasteiger partial charge on any atom is -0.467 e. The summed E-state index contributed by atoms with van der Waals surface area (Å²) in [4.78, 5) is 19.8. The zero-order valence-corrected chi connectivity index (χ0v) is 14.9. The van der Waals surface area contributed by atoms with Crippen LogP contribution in [0.2, 0.25) is 5.15 Å². The van der Waals surface area contributed by atoms with Crippen molar-refractivity contribution in [3.63, 3.8) is 0 Å². The first kappa shape index (κ1) is 18.0. The maximum Gasteiger partial charge on any atom is 0.501 e. The number of nitrogens with zero attached hydrogens (tertiary/aromatic N) is 2. The van der Waals surface area contributed by atoms with Gasteiger partial charge < -0.3 is 19.4 Å². The van der Waals surface area contributed by atoms with Crippen LogP contribution in [0.1, 0.15) is 34.6 Å². The minimum absolute atomic E-state index is 0.207. The lowest BCUT2D eigenvalue weighted by atomic mass is 9.80. The van der Waals surface area contributed by atoms with Gasteiger partial charge in [0.25, 0.3) is 0 Å². The van der Waals surface area contributed by atoms with E-state index in [0.29, 0.717) is 11.3 Å². The molecule has 0 radical (unpaired) electrons. The van der Waals surface area contributed by atoms with Crippen LogP contribution in [0.4, 0.5) is 5.82 Å². The van der Waals surface area contributed by atoms with Crippen LogP contribution in [0.5, 0.6) is 0 Å². The Balaban J connectivity index is 2.35. The Labute approximate surface area is 141 Å². The lowest BCUT2D eigenvalue weighted by Crippen LogP contribution is -2.41. The molecule has 1 N–H and O–H groups in total. The number of esters is 1. The second-order valence-electron chi connectivity index (χ2n) is 6.40. The second kappa shape index (κ2) is 6.26. The molecule has 1 aromatic heterocycles. The van der Waals surface area contributed by atoms with Crippen molar-refractivity contribution in [1.29, 1.82) is 0 Å². The third-order valence-electron chi connectivity index (χ3n) is 4.23. The molecule has 0 spiro atoms. The van der Waals surface area contributed by atoms with Crippen molar-refractivity contribution in [2.45, 2.75) is 51.9 Å². The highest BCUT2D eigenvalue weighted by molar-refractivity contribution is 6.67. The van der Waals surface area contributed by atoms with E-state index in [0.717, 1.165) is 0 Å². The van der Waals surface area contributed by atoms with Gasteiger partial charge in [-0.05, 0) is 34.6 Å². The van der Waals surface area contributed by atoms with Gasteiger partial charge in [-0.2, -0.15) is 0 Å². The molecule has 1 aliphatic rings. The molecule has 1 aromatic rings. The van der Waals surface area contributed by atoms with Crippen molar-refractivity contribution in [3.05, 3.63) is 11.5 Å². The molecule has 9 heteroatoms. The highest BCUT2D eigenvalue weighted by Crippen LogP contribution is 2.37. The van der Waals surface area contributed by atoms with Gasteiger partial charge in [0.05, 0.1) is 23.8 Å². The van der Waals surface area contributed by atoms with E-state index in [-0.39, 0.29) is 5.15 Å². The van der Waals surface area contributed by atoms with Gasteiger partial charge in [0.15, 0.2) is 0 Å². The number of rotatable bonds is 4. The molecule has 1 fully saturated rings. The topological polar surface area (TPSA) is 82.6 Å². The standard InChI is InChI=1S/C14H21BClN3O4/c1-8(12(20)21-6)19-11-9(10(16)17-7-18-11)15-22-13(2,3)14(4,5)23-15/h7-8H,1-6H3,(H,17,18,19)/t8-/m0/s1. The van der Waals surface area contributed by atoms with Crippen molar-refractivity contribution in [2.75, 3.05) is 12.4 Å². The Kier molecular flexibility index (Phi) is 4.89. The van der Waals surface area contributed by atoms with Crippen LogP contribution in [-0.4, -0.2) is 47.4 Å². The molecule has 0 aliphatic carbocycles. The van der Waals surface area contributed by atoms with E-state index in [4.69, 9.17) is 25.6 Å². The number of methoxy groups -OCH3 is 1. The van der Waals surface area contributed by atoms with Crippen LogP contribution in [0.15, 0.2) is 6.33 Å². The molecule has 0 saturated carbocycles. The lowest BCUT2D eigenvalue weighted by Gasteiger charge is -2.32. The molecule has 0 unspecified atom stereocenters. The Hall–Kier alpha value is -1.38. The SMILES string of the molecule is COC(=O)[C@H](C)Nc1ncnc(Cl)c1B1OC(C)(C)C(C)(C)O1. The number of hydrogen-bond acceptors (Lipinski definition) is 7. The molecular formula is C14H21BClN3O4. The smallest absolute Gasteiger partial charge is 0.467 e. The van der Waals surface area contributed by atoms with Gasteiger partial charge in [0.2, 0.25) is 0 Å². The van der Waals surface area contributed by atoms with Crippen molar-refractivity contribution < 1.29 is 18.8 Å². The first-order chi connectivity index (χ1) is 10.6. The van der Waals surface area contributed by atoms with E-state index >= 15 is 0 Å². The first-order valence-electron chi connectivity index (χ1n) is 7.29. The summed E-state index contributed by atoms with van der Waals surface area (Å²) < 4.78 is 16.7. The lowest BCUT2D eigenvalue weighted by molar-refractivity contribution is -0.141. The predicted molar refractivity (Wildman–Crippen MR) is 87.9 cm³/mol. The summed E-state index contributed by atoms with van der Waals surface area (Å²) in [6.45, 7) is 9.42. The van der Waals surface area contributed by atoms with Crippen LogP contribution in [0.3, 0.4) is 0 Å². The number of anilines is 1. The Bertz CT molecular complexity index is 596. The maximum atomic E-state index is 11.6. The summed E-state index contributed by atoms with van der Waals surface area (Å²) in [5.41, 5.74) is -0.590. The molecule has 1 aliphatic heterocycles. The average Bonchev–Trinajstić information content (AvgIpc) is 2.66. The molecule has 0 aromatic carbocycles. The first-order valence-corrected chi connectivity index (χ1v) is 7.67. The molecule has 1 atom stereocenters. The average molecular weight is 342 g/mol. The van der Waals surface area contributed by atoms with Gasteiger partial charge in [-0.25, -0.2) is 14.8 Å². The van der Waals surface area contributed by atoms with E-state index in [1.54, 1.807) is 6.92 Å². The molecular weight excluding hydrogens is 320 g/mol. The van der Waals surface area contributed by atoms with Crippen LogP contribution in [0, 0.1) is 0 Å². The molecule has 23 heavy (non-hydrogen) atoms. The number of ether oxygens (including phenoxy) is 1. The van der Waals surface area contributed by atoms with Gasteiger partial charge in [0, 0.05) is 0 Å². The number of carbonyl (C=O) groups excluding carboxylic acids is 1. The molecule has 1 saturated heterocycles. The van der Waals surface area contributed by atoms with Gasteiger partial charge in [-0.1, -0.05) is 11.6 Å². The second-order valence-corrected chi connectivity index (χ2v) is 6.76. The number of halogens is 1. The van der Waals surface area contributed by atoms with E-state index in [2.05, 4.69) is 15.3 Å². The fourth-order valence-corrected chi connectivity index (χ4v) is 2.32. The summed E-state index contributed by atoms with van der Waals surface area (Å²) in [7, 11) is 0.587. The summed E-state index contributed by atoms with van der Waals surface area (Å²) in [5.74, 6) is -0.0407. The molecule has 2 rings (SSSR count). The zero-order valence-electron chi connectivity index (χ0n) is 14.1. The minimum atomic E-state index is -0.735. The van der Waals surface area contributed by atoms with Crippen LogP contribution >= 0.6 is 11.6 Å². The quantitative estimate of drug-likeness (QED) is 0.503. The van der Waals surface area contributed by atoms with E-state index < -0.39 is 30.3 Å². The van der Waals surface area contributed by atoms with Crippen LogP contribution in [0.25, 0.3) is 0 Å². The van der Waals surface area contributed by atoms with E-state index in [9.17, 15) is 4.79 Å². The largest absolute Gasteiger partial charge is 0.501 e. The van der Waals surface area contributed by atoms with Crippen molar-refractivity contribution in [3.8, 4) is 0 Å². The maximum absolute atomic E-state index is 11.6. The van der Waals surface area contributed by atoms with Gasteiger partial charge in [-0.15, -0.1) is 0 Å². The number of nitrogens with one attached hydrogen (secondary N) is 1. The van der Waals surface area contributed by atoms with Crippen molar-refractivity contribution in [2.24, 2.45) is 0 Å². The normalized spacial score (nSPS) is 20.2. The van der Waals surface area contributed by atoms with Gasteiger partial charge >= 0.3 is 13.1 Å². The summed E-state index contributed by atoms with van der Waals surface area (Å²) in [6, 6.07) is -0.604. The predicted octanol–water partition coefficient (Wildman–Crippen LogP) is 1.40. The Morgan fingerprint density at radius 1 is 1.30 bits per heavy atom. The summed E-state index contributed by atoms with van der Waals surface area (Å²) in [5, 5.41) is 3.17. The highest BCUT2D eigenvalue weighted by atomic mass is 35.5. The van der Waals surface area contributed by atoms with E-state index in [1.165, 1.54) is 13.4 Å². The number of hydrogen-bond donors (Lipinski definition) is 1. The summed E-state index contributed by atoms with van der Waals surface area (Å²) >= 11 is 6.23. The van der Waals surface area contributed by atoms with Crippen LogP contribution in [-0.2, 0) is 18.8 Å². The van der Waals surface area contributed by atoms with E-state index in [1.807, 2.05) is 27.7 Å². The highest BCUT2D eigenvalue weighted by Gasteiger charge is 2.53. The molecule has 7 nitrogen and oxygen atoms in total. The summed E-state index contributed by atoms with van der Waals surface area (Å²) in [6.07, 6.45) is 1.31. The van der Waals surface area contributed by atoms with Crippen molar-refractivity contribution >= 4 is 36.0 Å². The third-order valence-corrected chi connectivity index (χ3v) is 4.53. The zero-order chi connectivity index (χ0) is 17.4. The Morgan fingerprint density at radius 2 is 1.87 bits per heavy atom.